The summed E-state index contributed by atoms with van der Waals surface area (Å²) >= 11 is 0. The number of likely N-dealkylation sites (N-methyl/N-ethyl adjacent to an activating group) is 1. The molecule has 0 aliphatic carbocycles. The van der Waals surface area contributed by atoms with Gasteiger partial charge in [0.25, 0.3) is 5.91 Å². The van der Waals surface area contributed by atoms with E-state index in [2.05, 4.69) is 36.0 Å². The Morgan fingerprint density at radius 2 is 1.79 bits per heavy atom. The number of piperazine rings is 1. The van der Waals surface area contributed by atoms with Crippen molar-refractivity contribution >= 4 is 11.6 Å². The van der Waals surface area contributed by atoms with E-state index in [1.54, 1.807) is 0 Å². The van der Waals surface area contributed by atoms with Gasteiger partial charge in [0.2, 0.25) is 0 Å². The lowest BCUT2D eigenvalue weighted by atomic mass is 10.0. The maximum atomic E-state index is 13.4. The molecule has 3 heterocycles. The second-order valence-electron chi connectivity index (χ2n) is 8.70. The third-order valence-corrected chi connectivity index (χ3v) is 6.17. The van der Waals surface area contributed by atoms with Crippen LogP contribution in [0.3, 0.4) is 0 Å². The molecule has 4 aromatic rings. The van der Waals surface area contributed by atoms with Crippen molar-refractivity contribution in [3.63, 3.8) is 0 Å². The predicted octanol–water partition coefficient (Wildman–Crippen LogP) is 4.35. The monoisotopic (exact) mass is 440 g/mol. The summed E-state index contributed by atoms with van der Waals surface area (Å²) in [5, 5.41) is 0. The Balaban J connectivity index is 1.27. The summed E-state index contributed by atoms with van der Waals surface area (Å²) in [5.74, 6) is 0.775. The molecule has 1 amide bonds. The number of aryl methyl sites for hydroxylation is 1. The molecule has 0 bridgehead atoms. The van der Waals surface area contributed by atoms with E-state index in [1.807, 2.05) is 76.3 Å². The standard InChI is InChI=1S/C27H28N4O2/c1-20-8-13-26-28-23(17-30(26)16-20)19-33-24-11-9-22(10-12-24)27(32)31-15-14-29(2)18-25(31)21-6-4-3-5-7-21/h3-13,16-17,25H,14-15,18-19H2,1-2H3/t25-/m0/s1. The first kappa shape index (κ1) is 21.2. The van der Waals surface area contributed by atoms with E-state index in [9.17, 15) is 4.79 Å². The summed E-state index contributed by atoms with van der Waals surface area (Å²) in [7, 11) is 2.11. The number of hydrogen-bond donors (Lipinski definition) is 0. The van der Waals surface area contributed by atoms with E-state index in [0.29, 0.717) is 18.7 Å². The Morgan fingerprint density at radius 1 is 1.00 bits per heavy atom. The van der Waals surface area contributed by atoms with Gasteiger partial charge < -0.3 is 18.9 Å². The molecule has 5 rings (SSSR count). The third-order valence-electron chi connectivity index (χ3n) is 6.17. The molecule has 0 saturated carbocycles. The van der Waals surface area contributed by atoms with Gasteiger partial charge in [-0.3, -0.25) is 4.79 Å². The fourth-order valence-electron chi connectivity index (χ4n) is 4.36. The Bertz CT molecular complexity index is 1250. The molecule has 1 saturated heterocycles. The van der Waals surface area contributed by atoms with Crippen molar-refractivity contribution < 1.29 is 9.53 Å². The van der Waals surface area contributed by atoms with Crippen LogP contribution >= 0.6 is 0 Å². The van der Waals surface area contributed by atoms with E-state index in [-0.39, 0.29) is 11.9 Å². The molecular weight excluding hydrogens is 412 g/mol. The molecule has 0 N–H and O–H groups in total. The summed E-state index contributed by atoms with van der Waals surface area (Å²) in [6.07, 6.45) is 4.03. The summed E-state index contributed by atoms with van der Waals surface area (Å²) in [6.45, 7) is 4.84. The van der Waals surface area contributed by atoms with E-state index < -0.39 is 0 Å². The minimum absolute atomic E-state index is 0.0482. The zero-order valence-electron chi connectivity index (χ0n) is 19.0. The minimum atomic E-state index is 0.0482. The number of aromatic nitrogens is 2. The first-order valence-electron chi connectivity index (χ1n) is 11.3. The molecular formula is C27H28N4O2. The van der Waals surface area contributed by atoms with Crippen LogP contribution in [0.5, 0.6) is 5.75 Å². The molecule has 2 aromatic carbocycles. The van der Waals surface area contributed by atoms with Crippen LogP contribution < -0.4 is 4.74 Å². The van der Waals surface area contributed by atoms with Crippen LogP contribution in [-0.4, -0.2) is 51.8 Å². The fraction of sp³-hybridized carbons (Fsp3) is 0.259. The van der Waals surface area contributed by atoms with Gasteiger partial charge >= 0.3 is 0 Å². The molecule has 1 aliphatic rings. The van der Waals surface area contributed by atoms with Crippen molar-refractivity contribution in [2.75, 3.05) is 26.7 Å². The van der Waals surface area contributed by atoms with E-state index in [0.717, 1.165) is 30.2 Å². The lowest BCUT2D eigenvalue weighted by Gasteiger charge is -2.40. The Morgan fingerprint density at radius 3 is 2.58 bits per heavy atom. The number of ether oxygens (including phenoxy) is 1. The summed E-state index contributed by atoms with van der Waals surface area (Å²) in [6, 6.07) is 21.8. The van der Waals surface area contributed by atoms with Crippen LogP contribution in [0.15, 0.2) is 79.1 Å². The lowest BCUT2D eigenvalue weighted by Crippen LogP contribution is -2.49. The van der Waals surface area contributed by atoms with Gasteiger partial charge in [-0.25, -0.2) is 4.98 Å². The molecule has 6 heteroatoms. The highest BCUT2D eigenvalue weighted by molar-refractivity contribution is 5.94. The molecule has 1 aliphatic heterocycles. The van der Waals surface area contributed by atoms with Crippen molar-refractivity contribution in [3.05, 3.63) is 102 Å². The molecule has 0 radical (unpaired) electrons. The molecule has 1 fully saturated rings. The number of benzene rings is 2. The van der Waals surface area contributed by atoms with Gasteiger partial charge in [0.05, 0.1) is 11.7 Å². The van der Waals surface area contributed by atoms with Crippen molar-refractivity contribution in [1.29, 1.82) is 0 Å². The van der Waals surface area contributed by atoms with Crippen molar-refractivity contribution in [1.82, 2.24) is 19.2 Å². The second-order valence-corrected chi connectivity index (χ2v) is 8.70. The quantitative estimate of drug-likeness (QED) is 0.463. The van der Waals surface area contributed by atoms with Crippen LogP contribution in [-0.2, 0) is 6.61 Å². The normalized spacial score (nSPS) is 16.8. The molecule has 6 nitrogen and oxygen atoms in total. The van der Waals surface area contributed by atoms with Gasteiger partial charge in [0.1, 0.15) is 18.0 Å². The number of carbonyl (C=O) groups excluding carboxylic acids is 1. The highest BCUT2D eigenvalue weighted by Gasteiger charge is 2.30. The Labute approximate surface area is 194 Å². The van der Waals surface area contributed by atoms with Crippen LogP contribution in [0.25, 0.3) is 5.65 Å². The zero-order valence-corrected chi connectivity index (χ0v) is 19.0. The van der Waals surface area contributed by atoms with Crippen LogP contribution in [0.1, 0.15) is 33.2 Å². The van der Waals surface area contributed by atoms with Crippen LogP contribution in [0.2, 0.25) is 0 Å². The zero-order chi connectivity index (χ0) is 22.8. The number of carbonyl (C=O) groups is 1. The summed E-state index contributed by atoms with van der Waals surface area (Å²) < 4.78 is 7.94. The van der Waals surface area contributed by atoms with Gasteiger partial charge in [-0.2, -0.15) is 0 Å². The number of imidazole rings is 1. The van der Waals surface area contributed by atoms with E-state index in [4.69, 9.17) is 4.74 Å². The highest BCUT2D eigenvalue weighted by atomic mass is 16.5. The van der Waals surface area contributed by atoms with Crippen molar-refractivity contribution in [3.8, 4) is 5.75 Å². The summed E-state index contributed by atoms with van der Waals surface area (Å²) in [4.78, 5) is 22.2. The third kappa shape index (κ3) is 4.61. The number of hydrogen-bond acceptors (Lipinski definition) is 4. The summed E-state index contributed by atoms with van der Waals surface area (Å²) in [5.41, 5.74) is 4.79. The number of amides is 1. The average molecular weight is 441 g/mol. The molecule has 1 atom stereocenters. The van der Waals surface area contributed by atoms with Crippen molar-refractivity contribution in [2.45, 2.75) is 19.6 Å². The fourth-order valence-corrected chi connectivity index (χ4v) is 4.36. The SMILES string of the molecule is Cc1ccc2nc(COc3ccc(C(=O)N4CCN(C)C[C@H]4c4ccccc4)cc3)cn2c1. The number of pyridine rings is 1. The van der Waals surface area contributed by atoms with Crippen molar-refractivity contribution in [2.24, 2.45) is 0 Å². The highest BCUT2D eigenvalue weighted by Crippen LogP contribution is 2.27. The minimum Gasteiger partial charge on any atom is -0.487 e. The van der Waals surface area contributed by atoms with E-state index >= 15 is 0 Å². The topological polar surface area (TPSA) is 50.1 Å². The Kier molecular flexibility index (Phi) is 5.84. The molecule has 0 unspecified atom stereocenters. The van der Waals surface area contributed by atoms with Crippen LogP contribution in [0.4, 0.5) is 0 Å². The van der Waals surface area contributed by atoms with Gasteiger partial charge in [-0.05, 0) is 55.4 Å². The average Bonchev–Trinajstić information content (AvgIpc) is 3.25. The lowest BCUT2D eigenvalue weighted by molar-refractivity contribution is 0.0498. The molecule has 2 aromatic heterocycles. The molecule has 33 heavy (non-hydrogen) atoms. The predicted molar refractivity (Wildman–Crippen MR) is 128 cm³/mol. The van der Waals surface area contributed by atoms with E-state index in [1.165, 1.54) is 11.1 Å². The number of rotatable bonds is 5. The van der Waals surface area contributed by atoms with Crippen LogP contribution in [0, 0.1) is 6.92 Å². The molecule has 168 valence electrons. The smallest absolute Gasteiger partial charge is 0.254 e. The number of nitrogens with zero attached hydrogens (tertiary/aromatic N) is 4. The Hall–Kier alpha value is -3.64. The largest absolute Gasteiger partial charge is 0.487 e. The maximum Gasteiger partial charge on any atom is 0.254 e. The van der Waals surface area contributed by atoms with Gasteiger partial charge in [0, 0.05) is 37.6 Å². The maximum absolute atomic E-state index is 13.4. The first-order valence-corrected chi connectivity index (χ1v) is 11.3. The molecule has 0 spiro atoms. The number of fused-ring (bicyclic) bond motifs is 1. The van der Waals surface area contributed by atoms with Gasteiger partial charge in [0.15, 0.2) is 0 Å². The first-order chi connectivity index (χ1) is 16.1. The second kappa shape index (κ2) is 9.08. The van der Waals surface area contributed by atoms with Gasteiger partial charge in [-0.1, -0.05) is 36.4 Å². The van der Waals surface area contributed by atoms with Gasteiger partial charge in [-0.15, -0.1) is 0 Å².